The third kappa shape index (κ3) is 9.91. The van der Waals surface area contributed by atoms with Gasteiger partial charge in [0.2, 0.25) is 11.8 Å². The average molecular weight is 675 g/mol. The summed E-state index contributed by atoms with van der Waals surface area (Å²) in [6, 6.07) is 16.1. The Hall–Kier alpha value is -5.20. The summed E-state index contributed by atoms with van der Waals surface area (Å²) >= 11 is 0. The molecule has 2 aromatic carbocycles. The predicted octanol–water partition coefficient (Wildman–Crippen LogP) is 4.00. The van der Waals surface area contributed by atoms with Crippen molar-refractivity contribution in [2.45, 2.75) is 89.6 Å². The van der Waals surface area contributed by atoms with Crippen molar-refractivity contribution in [2.75, 3.05) is 19.0 Å². The van der Waals surface area contributed by atoms with Crippen LogP contribution in [-0.2, 0) is 35.1 Å². The molecule has 4 amide bonds. The van der Waals surface area contributed by atoms with E-state index in [4.69, 9.17) is 9.47 Å². The Morgan fingerprint density at radius 1 is 0.959 bits per heavy atom. The standard InChI is InChI=1S/C36H46N6O7/c1-35(2,3)49-34(47)40-36(4,5)33(46)38-26(20-19-24-14-9-7-10-15-24)30(43)39-28-22-41(23-37-28)29(25-16-11-8-12-17-25)31(44)42-21-13-18-27(42)32(45)48-6/h7-12,14-17,22-23,26-27,29H,13,18-21H2,1-6H3,(H,38,46)(H,39,43)(H,40,47)/t26-,27-,29?/m1/s1. The van der Waals surface area contributed by atoms with E-state index in [9.17, 15) is 24.0 Å². The van der Waals surface area contributed by atoms with Crippen molar-refractivity contribution in [3.8, 4) is 0 Å². The second-order valence-electron chi connectivity index (χ2n) is 13.5. The smallest absolute Gasteiger partial charge is 0.408 e. The number of nitrogens with zero attached hydrogens (tertiary/aromatic N) is 3. The molecule has 0 saturated carbocycles. The Labute approximate surface area is 286 Å². The molecule has 1 unspecified atom stereocenters. The zero-order valence-corrected chi connectivity index (χ0v) is 28.9. The van der Waals surface area contributed by atoms with E-state index < -0.39 is 53.1 Å². The highest BCUT2D eigenvalue weighted by Crippen LogP contribution is 2.28. The molecule has 0 spiro atoms. The van der Waals surface area contributed by atoms with Gasteiger partial charge in [0, 0.05) is 12.7 Å². The van der Waals surface area contributed by atoms with E-state index in [1.54, 1.807) is 31.5 Å². The number of nitrogens with one attached hydrogen (secondary N) is 3. The number of aromatic nitrogens is 2. The Morgan fingerprint density at radius 2 is 1.61 bits per heavy atom. The number of alkyl carbamates (subject to hydrolysis) is 1. The fourth-order valence-electron chi connectivity index (χ4n) is 5.58. The van der Waals surface area contributed by atoms with Crippen molar-refractivity contribution in [2.24, 2.45) is 0 Å². The minimum atomic E-state index is -1.41. The average Bonchev–Trinajstić information content (AvgIpc) is 3.72. The normalized spacial score (nSPS) is 15.9. The van der Waals surface area contributed by atoms with E-state index in [1.807, 2.05) is 60.7 Å². The molecule has 0 aliphatic carbocycles. The number of hydrogen-bond donors (Lipinski definition) is 3. The van der Waals surface area contributed by atoms with Crippen molar-refractivity contribution in [1.82, 2.24) is 25.1 Å². The zero-order chi connectivity index (χ0) is 35.8. The van der Waals surface area contributed by atoms with E-state index in [-0.39, 0.29) is 18.1 Å². The highest BCUT2D eigenvalue weighted by Gasteiger charge is 2.39. The molecule has 13 heteroatoms. The van der Waals surface area contributed by atoms with Gasteiger partial charge in [0.1, 0.15) is 29.3 Å². The number of aryl methyl sites for hydroxylation is 1. The molecule has 0 bridgehead atoms. The topological polar surface area (TPSA) is 161 Å². The molecule has 262 valence electrons. The van der Waals surface area contributed by atoms with Crippen LogP contribution in [0.25, 0.3) is 0 Å². The Kier molecular flexibility index (Phi) is 11.8. The highest BCUT2D eigenvalue weighted by molar-refractivity contribution is 5.98. The zero-order valence-electron chi connectivity index (χ0n) is 28.9. The lowest BCUT2D eigenvalue weighted by molar-refractivity contribution is -0.151. The van der Waals surface area contributed by atoms with Gasteiger partial charge in [-0.3, -0.25) is 14.4 Å². The second-order valence-corrected chi connectivity index (χ2v) is 13.5. The summed E-state index contributed by atoms with van der Waals surface area (Å²) in [7, 11) is 1.30. The van der Waals surface area contributed by atoms with Gasteiger partial charge in [0.15, 0.2) is 5.82 Å². The number of esters is 1. The van der Waals surface area contributed by atoms with Crippen LogP contribution in [0.2, 0.25) is 0 Å². The van der Waals surface area contributed by atoms with Crippen LogP contribution in [0, 0.1) is 0 Å². The Bertz CT molecular complexity index is 1620. The van der Waals surface area contributed by atoms with Crippen molar-refractivity contribution < 1.29 is 33.4 Å². The maximum absolute atomic E-state index is 14.0. The summed E-state index contributed by atoms with van der Waals surface area (Å²) in [4.78, 5) is 72.0. The number of carbonyl (C=O) groups is 5. The van der Waals surface area contributed by atoms with Crippen molar-refractivity contribution in [3.63, 3.8) is 0 Å². The van der Waals surface area contributed by atoms with E-state index in [0.29, 0.717) is 31.4 Å². The molecular formula is C36H46N6O7. The quantitative estimate of drug-likeness (QED) is 0.243. The van der Waals surface area contributed by atoms with Crippen LogP contribution in [-0.4, -0.2) is 81.1 Å². The monoisotopic (exact) mass is 674 g/mol. The van der Waals surface area contributed by atoms with Gasteiger partial charge in [-0.1, -0.05) is 60.7 Å². The molecule has 1 aromatic heterocycles. The fourth-order valence-corrected chi connectivity index (χ4v) is 5.58. The van der Waals surface area contributed by atoms with Crippen LogP contribution >= 0.6 is 0 Å². The van der Waals surface area contributed by atoms with Crippen LogP contribution in [0.1, 0.15) is 71.0 Å². The summed E-state index contributed by atoms with van der Waals surface area (Å²) in [5.41, 5.74) is -0.525. The molecular weight excluding hydrogens is 628 g/mol. The molecule has 0 radical (unpaired) electrons. The van der Waals surface area contributed by atoms with Crippen molar-refractivity contribution in [3.05, 3.63) is 84.3 Å². The SMILES string of the molecule is COC(=O)[C@H]1CCCN1C(=O)C(c1ccccc1)n1cnc(NC(=O)[C@@H](CCc2ccccc2)NC(=O)C(C)(C)NC(=O)OC(C)(C)C)c1. The first-order valence-corrected chi connectivity index (χ1v) is 16.3. The van der Waals surface area contributed by atoms with Gasteiger partial charge in [-0.15, -0.1) is 0 Å². The third-order valence-electron chi connectivity index (χ3n) is 8.08. The molecule has 1 fully saturated rings. The third-order valence-corrected chi connectivity index (χ3v) is 8.08. The van der Waals surface area contributed by atoms with E-state index in [0.717, 1.165) is 5.56 Å². The summed E-state index contributed by atoms with van der Waals surface area (Å²) < 4.78 is 11.9. The van der Waals surface area contributed by atoms with Gasteiger partial charge in [-0.25, -0.2) is 14.6 Å². The summed E-state index contributed by atoms with van der Waals surface area (Å²) in [5.74, 6) is -1.73. The summed E-state index contributed by atoms with van der Waals surface area (Å²) in [6.07, 6.45) is 4.12. The first-order valence-electron chi connectivity index (χ1n) is 16.3. The molecule has 2 heterocycles. The number of hydrogen-bond acceptors (Lipinski definition) is 8. The first kappa shape index (κ1) is 36.6. The first-order chi connectivity index (χ1) is 23.2. The molecule has 3 atom stereocenters. The summed E-state index contributed by atoms with van der Waals surface area (Å²) in [5, 5.41) is 8.14. The number of likely N-dealkylation sites (tertiary alicyclic amines) is 1. The number of carbonyl (C=O) groups excluding carboxylic acids is 5. The number of anilines is 1. The van der Waals surface area contributed by atoms with Gasteiger partial charge >= 0.3 is 12.1 Å². The molecule has 1 saturated heterocycles. The van der Waals surface area contributed by atoms with E-state index in [1.165, 1.54) is 32.2 Å². The van der Waals surface area contributed by atoms with Crippen LogP contribution in [0.3, 0.4) is 0 Å². The molecule has 3 aromatic rings. The van der Waals surface area contributed by atoms with Gasteiger partial charge < -0.3 is 34.9 Å². The number of benzene rings is 2. The van der Waals surface area contributed by atoms with Crippen LogP contribution in [0.4, 0.5) is 10.6 Å². The summed E-state index contributed by atoms with van der Waals surface area (Å²) in [6.45, 7) is 8.59. The predicted molar refractivity (Wildman–Crippen MR) is 182 cm³/mol. The van der Waals surface area contributed by atoms with E-state index in [2.05, 4.69) is 20.9 Å². The van der Waals surface area contributed by atoms with Gasteiger partial charge in [-0.05, 0) is 71.4 Å². The molecule has 1 aliphatic heterocycles. The maximum Gasteiger partial charge on any atom is 0.408 e. The second kappa shape index (κ2) is 15.8. The molecule has 1 aliphatic rings. The highest BCUT2D eigenvalue weighted by atomic mass is 16.6. The number of rotatable bonds is 12. The van der Waals surface area contributed by atoms with Gasteiger partial charge in [0.05, 0.1) is 13.4 Å². The molecule has 13 nitrogen and oxygen atoms in total. The number of imidazole rings is 1. The largest absolute Gasteiger partial charge is 0.467 e. The Balaban J connectivity index is 1.55. The molecule has 4 rings (SSSR count). The van der Waals surface area contributed by atoms with Gasteiger partial charge in [-0.2, -0.15) is 0 Å². The number of methoxy groups -OCH3 is 1. The maximum atomic E-state index is 14.0. The minimum absolute atomic E-state index is 0.162. The molecule has 3 N–H and O–H groups in total. The number of amides is 4. The number of ether oxygens (including phenoxy) is 2. The van der Waals surface area contributed by atoms with Gasteiger partial charge in [0.25, 0.3) is 5.91 Å². The van der Waals surface area contributed by atoms with Crippen LogP contribution in [0.5, 0.6) is 0 Å². The van der Waals surface area contributed by atoms with Crippen LogP contribution < -0.4 is 16.0 Å². The lowest BCUT2D eigenvalue weighted by Crippen LogP contribution is -2.59. The van der Waals surface area contributed by atoms with Crippen molar-refractivity contribution >= 4 is 35.6 Å². The molecule has 49 heavy (non-hydrogen) atoms. The minimum Gasteiger partial charge on any atom is -0.467 e. The Morgan fingerprint density at radius 3 is 2.24 bits per heavy atom. The fraction of sp³-hybridized carbons (Fsp3) is 0.444. The van der Waals surface area contributed by atoms with E-state index >= 15 is 0 Å². The van der Waals surface area contributed by atoms with Crippen molar-refractivity contribution in [1.29, 1.82) is 0 Å². The lowest BCUT2D eigenvalue weighted by atomic mass is 10.0. The lowest BCUT2D eigenvalue weighted by Gasteiger charge is -2.29. The van der Waals surface area contributed by atoms with Crippen LogP contribution in [0.15, 0.2) is 73.2 Å².